The summed E-state index contributed by atoms with van der Waals surface area (Å²) < 4.78 is 56.5. The first-order chi connectivity index (χ1) is 18.2. The van der Waals surface area contributed by atoms with Crippen molar-refractivity contribution in [3.05, 3.63) is 62.7 Å². The van der Waals surface area contributed by atoms with E-state index in [-0.39, 0.29) is 49.8 Å². The minimum atomic E-state index is -0.959. The average molecular weight is 634 g/mol. The number of hydrogen-bond donors (Lipinski definition) is 2. The molecule has 3 rings (SSSR count). The number of pyridine rings is 2. The van der Waals surface area contributed by atoms with Crippen LogP contribution in [0.5, 0.6) is 5.75 Å². The molecule has 0 saturated heterocycles. The highest BCUT2D eigenvalue weighted by atomic mass is 79.9. The predicted molar refractivity (Wildman–Crippen MR) is 143 cm³/mol. The number of aromatic nitrogens is 2. The van der Waals surface area contributed by atoms with Crippen LogP contribution in [0.3, 0.4) is 0 Å². The Hall–Kier alpha value is -3.58. The molecule has 0 fully saturated rings. The Bertz CT molecular complexity index is 1370. The standard InChI is InChI=1S/C16H15ClF2N2O3.C9H10BrFN2O2/c1-7(2)24-16(22)11-6-10(20)13(19)14(21-11)8-4-5-9(17)15(23-3)12(8)18;1-4(2)15-9(14)6-3-5(12)7(11)8(10)13-6/h4-7H,1-3H3,(H2,20,21);3-4H,1-2H3,(H2,12,13). The molecule has 2 aromatic heterocycles. The van der Waals surface area contributed by atoms with Crippen LogP contribution in [0.4, 0.5) is 24.5 Å². The quantitative estimate of drug-likeness (QED) is 0.248. The molecular weight excluding hydrogens is 609 g/mol. The molecule has 0 radical (unpaired) electrons. The summed E-state index contributed by atoms with van der Waals surface area (Å²) in [6.45, 7) is 6.71. The second-order valence-electron chi connectivity index (χ2n) is 8.31. The van der Waals surface area contributed by atoms with Gasteiger partial charge in [-0.15, -0.1) is 0 Å². The Morgan fingerprint density at radius 3 is 1.82 bits per heavy atom. The molecular formula is C25H25BrClF3N4O5. The summed E-state index contributed by atoms with van der Waals surface area (Å²) in [5.74, 6) is -4.23. The molecule has 9 nitrogen and oxygen atoms in total. The molecule has 210 valence electrons. The lowest BCUT2D eigenvalue weighted by atomic mass is 10.1. The number of nitrogens with two attached hydrogens (primary N) is 2. The molecule has 0 atom stereocenters. The third kappa shape index (κ3) is 7.96. The van der Waals surface area contributed by atoms with Gasteiger partial charge < -0.3 is 25.7 Å². The number of carbonyl (C=O) groups excluding carboxylic acids is 2. The number of halogens is 5. The molecule has 0 aliphatic heterocycles. The Balaban J connectivity index is 0.000000306. The molecule has 0 aliphatic rings. The fourth-order valence-corrected chi connectivity index (χ4v) is 3.55. The number of esters is 2. The van der Waals surface area contributed by atoms with Gasteiger partial charge >= 0.3 is 11.9 Å². The van der Waals surface area contributed by atoms with Gasteiger partial charge in [0.15, 0.2) is 34.6 Å². The molecule has 0 spiro atoms. The van der Waals surface area contributed by atoms with Crippen LogP contribution in [0.1, 0.15) is 48.7 Å². The maximum atomic E-state index is 14.5. The summed E-state index contributed by atoms with van der Waals surface area (Å²) in [5, 5.41) is 0.0162. The fraction of sp³-hybridized carbons (Fsp3) is 0.280. The molecule has 4 N–H and O–H groups in total. The number of nitrogen functional groups attached to an aromatic ring is 2. The number of rotatable bonds is 6. The van der Waals surface area contributed by atoms with Gasteiger partial charge in [-0.1, -0.05) is 11.6 Å². The normalized spacial score (nSPS) is 10.7. The van der Waals surface area contributed by atoms with E-state index < -0.39 is 41.2 Å². The van der Waals surface area contributed by atoms with E-state index in [0.29, 0.717) is 0 Å². The van der Waals surface area contributed by atoms with Crippen LogP contribution in [0, 0.1) is 17.5 Å². The maximum Gasteiger partial charge on any atom is 0.357 e. The van der Waals surface area contributed by atoms with Gasteiger partial charge in [0, 0.05) is 5.56 Å². The van der Waals surface area contributed by atoms with Crippen molar-refractivity contribution < 1.29 is 37.0 Å². The molecule has 0 amide bonds. The molecule has 14 heteroatoms. The lowest BCUT2D eigenvalue weighted by Gasteiger charge is -2.13. The van der Waals surface area contributed by atoms with Crippen molar-refractivity contribution in [2.75, 3.05) is 18.6 Å². The van der Waals surface area contributed by atoms with Crippen LogP contribution in [0.25, 0.3) is 11.3 Å². The molecule has 3 aromatic rings. The number of carbonyl (C=O) groups is 2. The van der Waals surface area contributed by atoms with Crippen LogP contribution < -0.4 is 16.2 Å². The zero-order valence-corrected chi connectivity index (χ0v) is 23.8. The van der Waals surface area contributed by atoms with E-state index in [9.17, 15) is 22.8 Å². The molecule has 1 aromatic carbocycles. The minimum absolute atomic E-state index is 0.0162. The SMILES string of the molecule is CC(C)OC(=O)c1cc(N)c(F)c(Br)n1.COc1c(Cl)ccc(-c2nc(C(=O)OC(C)C)cc(N)c2F)c1F. The van der Waals surface area contributed by atoms with Gasteiger partial charge in [0.05, 0.1) is 35.7 Å². The number of methoxy groups -OCH3 is 1. The number of nitrogens with zero attached hydrogens (tertiary/aromatic N) is 2. The largest absolute Gasteiger partial charge is 0.492 e. The van der Waals surface area contributed by atoms with E-state index in [1.165, 1.54) is 19.2 Å². The Morgan fingerprint density at radius 1 is 0.872 bits per heavy atom. The lowest BCUT2D eigenvalue weighted by Crippen LogP contribution is -2.15. The van der Waals surface area contributed by atoms with Gasteiger partial charge in [-0.05, 0) is 67.9 Å². The first kappa shape index (κ1) is 31.6. The first-order valence-electron chi connectivity index (χ1n) is 11.2. The Morgan fingerprint density at radius 2 is 1.36 bits per heavy atom. The summed E-state index contributed by atoms with van der Waals surface area (Å²) >= 11 is 8.68. The van der Waals surface area contributed by atoms with Gasteiger partial charge in [0.1, 0.15) is 10.3 Å². The summed E-state index contributed by atoms with van der Waals surface area (Å²) in [5.41, 5.74) is 9.49. The summed E-state index contributed by atoms with van der Waals surface area (Å²) in [6, 6.07) is 4.73. The van der Waals surface area contributed by atoms with E-state index in [2.05, 4.69) is 25.9 Å². The van der Waals surface area contributed by atoms with Crippen LogP contribution in [0.15, 0.2) is 28.9 Å². The zero-order chi connectivity index (χ0) is 29.6. The van der Waals surface area contributed by atoms with Gasteiger partial charge in [-0.2, -0.15) is 0 Å². The average Bonchev–Trinajstić information content (AvgIpc) is 2.84. The van der Waals surface area contributed by atoms with E-state index in [4.69, 9.17) is 37.3 Å². The van der Waals surface area contributed by atoms with E-state index in [1.54, 1.807) is 27.7 Å². The third-order valence-corrected chi connectivity index (χ3v) is 5.37. The highest BCUT2D eigenvalue weighted by molar-refractivity contribution is 9.10. The number of benzene rings is 1. The van der Waals surface area contributed by atoms with Crippen molar-refractivity contribution in [3.8, 4) is 17.0 Å². The smallest absolute Gasteiger partial charge is 0.357 e. The summed E-state index contributed by atoms with van der Waals surface area (Å²) in [6.07, 6.45) is -0.661. The van der Waals surface area contributed by atoms with Crippen LogP contribution in [0.2, 0.25) is 5.02 Å². The van der Waals surface area contributed by atoms with E-state index in [1.807, 2.05) is 0 Å². The van der Waals surface area contributed by atoms with Crippen LogP contribution in [-0.2, 0) is 9.47 Å². The van der Waals surface area contributed by atoms with Crippen molar-refractivity contribution in [1.82, 2.24) is 9.97 Å². The zero-order valence-electron chi connectivity index (χ0n) is 21.4. The van der Waals surface area contributed by atoms with Gasteiger partial charge in [0.25, 0.3) is 0 Å². The van der Waals surface area contributed by atoms with Crippen LogP contribution >= 0.6 is 27.5 Å². The second kappa shape index (κ2) is 13.5. The van der Waals surface area contributed by atoms with Gasteiger partial charge in [0.2, 0.25) is 0 Å². The van der Waals surface area contributed by atoms with Gasteiger partial charge in [-0.3, -0.25) is 0 Å². The van der Waals surface area contributed by atoms with Crippen molar-refractivity contribution >= 4 is 50.8 Å². The first-order valence-corrected chi connectivity index (χ1v) is 12.4. The van der Waals surface area contributed by atoms with E-state index >= 15 is 0 Å². The third-order valence-electron chi connectivity index (χ3n) is 4.54. The minimum Gasteiger partial charge on any atom is -0.492 e. The van der Waals surface area contributed by atoms with Crippen molar-refractivity contribution in [2.24, 2.45) is 0 Å². The lowest BCUT2D eigenvalue weighted by molar-refractivity contribution is 0.0360. The molecule has 0 saturated carbocycles. The van der Waals surface area contributed by atoms with E-state index in [0.717, 1.165) is 12.1 Å². The number of hydrogen-bond acceptors (Lipinski definition) is 9. The maximum absolute atomic E-state index is 14.5. The van der Waals surface area contributed by atoms with Crippen molar-refractivity contribution in [2.45, 2.75) is 39.9 Å². The number of anilines is 2. The Kier molecular flexibility index (Phi) is 10.9. The Labute approximate surface area is 235 Å². The van der Waals surface area contributed by atoms with Crippen molar-refractivity contribution in [1.29, 1.82) is 0 Å². The molecule has 0 aliphatic carbocycles. The molecule has 2 heterocycles. The molecule has 0 unspecified atom stereocenters. The highest BCUT2D eigenvalue weighted by Crippen LogP contribution is 2.36. The predicted octanol–water partition coefficient (Wildman–Crippen LogP) is 5.97. The number of ether oxygens (including phenoxy) is 3. The highest BCUT2D eigenvalue weighted by Gasteiger charge is 2.23. The van der Waals surface area contributed by atoms with Crippen LogP contribution in [-0.4, -0.2) is 41.2 Å². The molecule has 39 heavy (non-hydrogen) atoms. The monoisotopic (exact) mass is 632 g/mol. The van der Waals surface area contributed by atoms with Crippen molar-refractivity contribution in [3.63, 3.8) is 0 Å². The summed E-state index contributed by atoms with van der Waals surface area (Å²) in [7, 11) is 1.22. The van der Waals surface area contributed by atoms with Gasteiger partial charge in [-0.25, -0.2) is 32.7 Å². The summed E-state index contributed by atoms with van der Waals surface area (Å²) in [4.78, 5) is 30.9. The topological polar surface area (TPSA) is 140 Å². The second-order valence-corrected chi connectivity index (χ2v) is 9.47. The fourth-order valence-electron chi connectivity index (χ4n) is 2.91. The molecule has 0 bridgehead atoms.